The van der Waals surface area contributed by atoms with Gasteiger partial charge in [-0.2, -0.15) is 0 Å². The summed E-state index contributed by atoms with van der Waals surface area (Å²) in [5.74, 6) is 1.52. The van der Waals surface area contributed by atoms with Gasteiger partial charge in [0.2, 0.25) is 0 Å². The van der Waals surface area contributed by atoms with Crippen LogP contribution in [0.1, 0.15) is 38.8 Å². The van der Waals surface area contributed by atoms with Crippen molar-refractivity contribution in [1.29, 1.82) is 0 Å². The molecule has 1 aromatic carbocycles. The highest BCUT2D eigenvalue weighted by Crippen LogP contribution is 2.30. The second-order valence-electron chi connectivity index (χ2n) is 5.40. The van der Waals surface area contributed by atoms with Crippen LogP contribution in [0.4, 0.5) is 0 Å². The molecular weight excluding hydrogens is 238 g/mol. The number of ether oxygens (including phenoxy) is 2. The Balaban J connectivity index is 2.15. The minimum atomic E-state index is 0.211. The Morgan fingerprint density at radius 2 is 2.26 bits per heavy atom. The summed E-state index contributed by atoms with van der Waals surface area (Å²) in [6, 6.07) is 8.80. The summed E-state index contributed by atoms with van der Waals surface area (Å²) < 4.78 is 11.3. The van der Waals surface area contributed by atoms with Gasteiger partial charge in [0.05, 0.1) is 12.7 Å². The molecule has 2 atom stereocenters. The molecule has 3 heteroatoms. The van der Waals surface area contributed by atoms with E-state index in [-0.39, 0.29) is 6.10 Å². The summed E-state index contributed by atoms with van der Waals surface area (Å²) in [6.45, 7) is 8.97. The van der Waals surface area contributed by atoms with Crippen LogP contribution in [0.5, 0.6) is 5.75 Å². The summed E-state index contributed by atoms with van der Waals surface area (Å²) in [4.78, 5) is 0. The molecule has 2 rings (SSSR count). The highest BCUT2D eigenvalue weighted by Gasteiger charge is 2.26. The zero-order valence-corrected chi connectivity index (χ0v) is 12.2. The van der Waals surface area contributed by atoms with E-state index in [1.165, 1.54) is 5.56 Å². The van der Waals surface area contributed by atoms with E-state index in [4.69, 9.17) is 9.47 Å². The largest absolute Gasteiger partial charge is 0.491 e. The quantitative estimate of drug-likeness (QED) is 0.855. The average molecular weight is 263 g/mol. The van der Waals surface area contributed by atoms with Crippen molar-refractivity contribution in [3.63, 3.8) is 0 Å². The van der Waals surface area contributed by atoms with Gasteiger partial charge in [0, 0.05) is 18.6 Å². The highest BCUT2D eigenvalue weighted by molar-refractivity contribution is 5.31. The third kappa shape index (κ3) is 3.95. The molecule has 19 heavy (non-hydrogen) atoms. The SMILES string of the molecule is CCNC(c1cccc(OC(C)C)c1)C1CCOC1. The maximum Gasteiger partial charge on any atom is 0.120 e. The standard InChI is InChI=1S/C16H25NO2/c1-4-17-16(14-8-9-18-11-14)13-6-5-7-15(10-13)19-12(2)3/h5-7,10,12,14,16-17H,4,8-9,11H2,1-3H3. The Bertz CT molecular complexity index is 386. The van der Waals surface area contributed by atoms with Crippen molar-refractivity contribution in [1.82, 2.24) is 5.32 Å². The van der Waals surface area contributed by atoms with E-state index in [1.807, 2.05) is 6.07 Å². The lowest BCUT2D eigenvalue weighted by Gasteiger charge is -2.24. The zero-order valence-electron chi connectivity index (χ0n) is 12.2. The van der Waals surface area contributed by atoms with Crippen LogP contribution in [0.25, 0.3) is 0 Å². The Kier molecular flexibility index (Phi) is 5.23. The summed E-state index contributed by atoms with van der Waals surface area (Å²) >= 11 is 0. The van der Waals surface area contributed by atoms with Gasteiger partial charge < -0.3 is 14.8 Å². The number of rotatable bonds is 6. The van der Waals surface area contributed by atoms with Crippen molar-refractivity contribution in [3.05, 3.63) is 29.8 Å². The third-order valence-electron chi connectivity index (χ3n) is 3.45. The van der Waals surface area contributed by atoms with Crippen LogP contribution in [0.15, 0.2) is 24.3 Å². The molecule has 0 bridgehead atoms. The minimum Gasteiger partial charge on any atom is -0.491 e. The monoisotopic (exact) mass is 263 g/mol. The Morgan fingerprint density at radius 3 is 2.89 bits per heavy atom. The normalized spacial score (nSPS) is 20.7. The summed E-state index contributed by atoms with van der Waals surface area (Å²) in [5.41, 5.74) is 1.30. The fraction of sp³-hybridized carbons (Fsp3) is 0.625. The molecule has 1 aromatic rings. The highest BCUT2D eigenvalue weighted by atomic mass is 16.5. The lowest BCUT2D eigenvalue weighted by atomic mass is 9.92. The molecule has 1 aliphatic heterocycles. The molecule has 1 aliphatic rings. The van der Waals surface area contributed by atoms with Crippen molar-refractivity contribution >= 4 is 0 Å². The first kappa shape index (κ1) is 14.4. The van der Waals surface area contributed by atoms with Gasteiger partial charge in [-0.25, -0.2) is 0 Å². The summed E-state index contributed by atoms with van der Waals surface area (Å²) in [5, 5.41) is 3.59. The molecule has 0 spiro atoms. The molecule has 0 saturated carbocycles. The first-order valence-electron chi connectivity index (χ1n) is 7.28. The Hall–Kier alpha value is -1.06. The maximum absolute atomic E-state index is 5.79. The van der Waals surface area contributed by atoms with Crippen molar-refractivity contribution in [2.45, 2.75) is 39.3 Å². The smallest absolute Gasteiger partial charge is 0.120 e. The van der Waals surface area contributed by atoms with Crippen LogP contribution in [0.2, 0.25) is 0 Å². The van der Waals surface area contributed by atoms with Crippen molar-refractivity contribution in [3.8, 4) is 5.75 Å². The molecular formula is C16H25NO2. The molecule has 1 heterocycles. The fourth-order valence-electron chi connectivity index (χ4n) is 2.65. The van der Waals surface area contributed by atoms with E-state index in [0.717, 1.165) is 31.9 Å². The second-order valence-corrected chi connectivity index (χ2v) is 5.40. The molecule has 1 saturated heterocycles. The molecule has 0 amide bonds. The minimum absolute atomic E-state index is 0.211. The van der Waals surface area contributed by atoms with Gasteiger partial charge in [0.15, 0.2) is 0 Å². The molecule has 0 aliphatic carbocycles. The van der Waals surface area contributed by atoms with E-state index < -0.39 is 0 Å². The van der Waals surface area contributed by atoms with Crippen LogP contribution in [0.3, 0.4) is 0 Å². The number of nitrogens with one attached hydrogen (secondary N) is 1. The van der Waals surface area contributed by atoms with E-state index >= 15 is 0 Å². The van der Waals surface area contributed by atoms with E-state index in [1.54, 1.807) is 0 Å². The van der Waals surface area contributed by atoms with Crippen LogP contribution in [-0.2, 0) is 4.74 Å². The van der Waals surface area contributed by atoms with Crippen LogP contribution >= 0.6 is 0 Å². The molecule has 3 nitrogen and oxygen atoms in total. The molecule has 0 radical (unpaired) electrons. The third-order valence-corrected chi connectivity index (χ3v) is 3.45. The van der Waals surface area contributed by atoms with Gasteiger partial charge in [-0.1, -0.05) is 19.1 Å². The van der Waals surface area contributed by atoms with E-state index in [0.29, 0.717) is 12.0 Å². The van der Waals surface area contributed by atoms with Crippen molar-refractivity contribution in [2.75, 3.05) is 19.8 Å². The van der Waals surface area contributed by atoms with Crippen molar-refractivity contribution in [2.24, 2.45) is 5.92 Å². The lowest BCUT2D eigenvalue weighted by molar-refractivity contribution is 0.177. The van der Waals surface area contributed by atoms with Gasteiger partial charge in [-0.15, -0.1) is 0 Å². The number of hydrogen-bond donors (Lipinski definition) is 1. The number of hydrogen-bond acceptors (Lipinski definition) is 3. The Morgan fingerprint density at radius 1 is 1.42 bits per heavy atom. The van der Waals surface area contributed by atoms with Gasteiger partial charge in [0.1, 0.15) is 5.75 Å². The van der Waals surface area contributed by atoms with Crippen LogP contribution in [-0.4, -0.2) is 25.9 Å². The lowest BCUT2D eigenvalue weighted by Crippen LogP contribution is -2.28. The first-order chi connectivity index (χ1) is 9.20. The van der Waals surface area contributed by atoms with Gasteiger partial charge in [-0.3, -0.25) is 0 Å². The van der Waals surface area contributed by atoms with E-state index in [2.05, 4.69) is 44.3 Å². The summed E-state index contributed by atoms with van der Waals surface area (Å²) in [7, 11) is 0. The zero-order chi connectivity index (χ0) is 13.7. The van der Waals surface area contributed by atoms with Gasteiger partial charge >= 0.3 is 0 Å². The Labute approximate surface area is 116 Å². The van der Waals surface area contributed by atoms with Gasteiger partial charge in [0.25, 0.3) is 0 Å². The van der Waals surface area contributed by atoms with Crippen LogP contribution < -0.4 is 10.1 Å². The fourth-order valence-corrected chi connectivity index (χ4v) is 2.65. The second kappa shape index (κ2) is 6.92. The predicted octanol–water partition coefficient (Wildman–Crippen LogP) is 3.16. The van der Waals surface area contributed by atoms with Crippen molar-refractivity contribution < 1.29 is 9.47 Å². The van der Waals surface area contributed by atoms with E-state index in [9.17, 15) is 0 Å². The van der Waals surface area contributed by atoms with Crippen LogP contribution in [0, 0.1) is 5.92 Å². The molecule has 0 aromatic heterocycles. The topological polar surface area (TPSA) is 30.5 Å². The predicted molar refractivity (Wildman–Crippen MR) is 77.5 cm³/mol. The molecule has 1 fully saturated rings. The number of benzene rings is 1. The maximum atomic E-state index is 5.79. The molecule has 2 unspecified atom stereocenters. The van der Waals surface area contributed by atoms with Gasteiger partial charge in [-0.05, 0) is 44.5 Å². The molecule has 1 N–H and O–H groups in total. The molecule has 106 valence electrons. The summed E-state index contributed by atoms with van der Waals surface area (Å²) in [6.07, 6.45) is 1.34. The first-order valence-corrected chi connectivity index (χ1v) is 7.28. The average Bonchev–Trinajstić information content (AvgIpc) is 2.89.